The second-order valence-electron chi connectivity index (χ2n) is 6.12. The molecule has 1 aliphatic rings. The van der Waals surface area contributed by atoms with E-state index in [0.717, 1.165) is 32.4 Å². The van der Waals surface area contributed by atoms with E-state index in [0.29, 0.717) is 12.5 Å². The van der Waals surface area contributed by atoms with E-state index in [4.69, 9.17) is 4.74 Å². The van der Waals surface area contributed by atoms with Crippen LogP contribution in [0.15, 0.2) is 0 Å². The van der Waals surface area contributed by atoms with Crippen LogP contribution in [0.25, 0.3) is 0 Å². The number of unbranched alkanes of at least 4 members (excludes halogenated alkanes) is 1. The monoisotopic (exact) mass is 241 g/mol. The van der Waals surface area contributed by atoms with Gasteiger partial charge in [0, 0.05) is 13.1 Å². The van der Waals surface area contributed by atoms with E-state index < -0.39 is 0 Å². The Morgan fingerprint density at radius 2 is 2.12 bits per heavy atom. The summed E-state index contributed by atoms with van der Waals surface area (Å²) in [6.45, 7) is 11.1. The van der Waals surface area contributed by atoms with Crippen molar-refractivity contribution >= 4 is 6.09 Å². The molecule has 0 saturated carbocycles. The van der Waals surface area contributed by atoms with Crippen LogP contribution in [0.2, 0.25) is 0 Å². The maximum atomic E-state index is 11.8. The summed E-state index contributed by atoms with van der Waals surface area (Å²) in [4.78, 5) is 13.7. The van der Waals surface area contributed by atoms with Crippen molar-refractivity contribution in [3.63, 3.8) is 0 Å². The molecule has 1 heterocycles. The van der Waals surface area contributed by atoms with Crippen LogP contribution in [0.1, 0.15) is 53.4 Å². The molecule has 0 aromatic heterocycles. The number of ether oxygens (including phenoxy) is 1. The first-order valence-electron chi connectivity index (χ1n) is 6.87. The Balaban J connectivity index is 2.41. The van der Waals surface area contributed by atoms with Gasteiger partial charge in [0.15, 0.2) is 0 Å². The zero-order valence-corrected chi connectivity index (χ0v) is 11.8. The van der Waals surface area contributed by atoms with Gasteiger partial charge in [0.05, 0.1) is 6.61 Å². The Bertz CT molecular complexity index is 245. The van der Waals surface area contributed by atoms with Gasteiger partial charge in [-0.05, 0) is 30.6 Å². The second kappa shape index (κ2) is 6.27. The lowest BCUT2D eigenvalue weighted by Gasteiger charge is -2.39. The maximum absolute atomic E-state index is 11.8. The van der Waals surface area contributed by atoms with Gasteiger partial charge in [-0.15, -0.1) is 0 Å². The van der Waals surface area contributed by atoms with Crippen LogP contribution in [-0.2, 0) is 4.74 Å². The summed E-state index contributed by atoms with van der Waals surface area (Å²) in [6.07, 6.45) is 4.24. The van der Waals surface area contributed by atoms with Crippen LogP contribution in [0.3, 0.4) is 0 Å². The summed E-state index contributed by atoms with van der Waals surface area (Å²) in [5, 5.41) is 0. The topological polar surface area (TPSA) is 29.5 Å². The predicted molar refractivity (Wildman–Crippen MR) is 70.0 cm³/mol. The molecule has 0 aromatic carbocycles. The smallest absolute Gasteiger partial charge is 0.409 e. The molecule has 1 rings (SSSR count). The van der Waals surface area contributed by atoms with Gasteiger partial charge in [-0.2, -0.15) is 0 Å². The van der Waals surface area contributed by atoms with Gasteiger partial charge >= 0.3 is 6.09 Å². The van der Waals surface area contributed by atoms with Crippen LogP contribution < -0.4 is 0 Å². The normalized spacial score (nSPS) is 21.4. The second-order valence-corrected chi connectivity index (χ2v) is 6.12. The fraction of sp³-hybridized carbons (Fsp3) is 0.929. The van der Waals surface area contributed by atoms with Crippen molar-refractivity contribution in [2.75, 3.05) is 19.7 Å². The lowest BCUT2D eigenvalue weighted by atomic mass is 9.76. The molecule has 100 valence electrons. The van der Waals surface area contributed by atoms with E-state index >= 15 is 0 Å². The van der Waals surface area contributed by atoms with E-state index in [-0.39, 0.29) is 11.5 Å². The van der Waals surface area contributed by atoms with Crippen molar-refractivity contribution < 1.29 is 9.53 Å². The predicted octanol–water partition coefficient (Wildman–Crippen LogP) is 3.68. The SMILES string of the molecule is CCCCOC(=O)N1CCCC(C(C)(C)C)C1. The fourth-order valence-electron chi connectivity index (χ4n) is 2.24. The number of rotatable bonds is 3. The molecule has 0 aliphatic carbocycles. The van der Waals surface area contributed by atoms with Crippen LogP contribution >= 0.6 is 0 Å². The molecule has 1 aliphatic heterocycles. The molecule has 3 heteroatoms. The van der Waals surface area contributed by atoms with Gasteiger partial charge in [0.25, 0.3) is 0 Å². The molecule has 3 nitrogen and oxygen atoms in total. The summed E-state index contributed by atoms with van der Waals surface area (Å²) in [5.74, 6) is 0.593. The van der Waals surface area contributed by atoms with E-state index in [1.165, 1.54) is 6.42 Å². The summed E-state index contributed by atoms with van der Waals surface area (Å²) in [5.41, 5.74) is 0.280. The van der Waals surface area contributed by atoms with Gasteiger partial charge in [-0.1, -0.05) is 34.1 Å². The standard InChI is InChI=1S/C14H27NO2/c1-5-6-10-17-13(16)15-9-7-8-12(11-15)14(2,3)4/h12H,5-11H2,1-4H3. The minimum Gasteiger partial charge on any atom is -0.449 e. The number of hydrogen-bond acceptors (Lipinski definition) is 2. The highest BCUT2D eigenvalue weighted by atomic mass is 16.6. The number of piperidine rings is 1. The Labute approximate surface area is 106 Å². The third-order valence-corrected chi connectivity index (χ3v) is 3.63. The minimum absolute atomic E-state index is 0.118. The van der Waals surface area contributed by atoms with Gasteiger partial charge in [-0.3, -0.25) is 0 Å². The molecular weight excluding hydrogens is 214 g/mol. The molecule has 0 aromatic rings. The largest absolute Gasteiger partial charge is 0.449 e. The van der Waals surface area contributed by atoms with E-state index in [1.54, 1.807) is 0 Å². The number of likely N-dealkylation sites (tertiary alicyclic amines) is 1. The first kappa shape index (κ1) is 14.3. The first-order valence-corrected chi connectivity index (χ1v) is 6.87. The molecule has 1 unspecified atom stereocenters. The minimum atomic E-state index is -0.118. The van der Waals surface area contributed by atoms with Gasteiger partial charge < -0.3 is 9.64 Å². The van der Waals surface area contributed by atoms with Gasteiger partial charge in [0.2, 0.25) is 0 Å². The van der Waals surface area contributed by atoms with Crippen LogP contribution in [0, 0.1) is 11.3 Å². The molecule has 0 radical (unpaired) electrons. The fourth-order valence-corrected chi connectivity index (χ4v) is 2.24. The summed E-state index contributed by atoms with van der Waals surface area (Å²) in [6, 6.07) is 0. The molecule has 1 amide bonds. The molecular formula is C14H27NO2. The molecule has 0 spiro atoms. The highest BCUT2D eigenvalue weighted by Crippen LogP contribution is 2.33. The Morgan fingerprint density at radius 3 is 2.71 bits per heavy atom. The van der Waals surface area contributed by atoms with Crippen molar-refractivity contribution in [2.24, 2.45) is 11.3 Å². The zero-order chi connectivity index (χ0) is 12.9. The zero-order valence-electron chi connectivity index (χ0n) is 11.8. The van der Waals surface area contributed by atoms with Crippen LogP contribution in [0.5, 0.6) is 0 Å². The Kier molecular flexibility index (Phi) is 5.29. The summed E-state index contributed by atoms with van der Waals surface area (Å²) >= 11 is 0. The highest BCUT2D eigenvalue weighted by Gasteiger charge is 2.31. The van der Waals surface area contributed by atoms with Crippen LogP contribution in [-0.4, -0.2) is 30.7 Å². The number of carbonyl (C=O) groups is 1. The van der Waals surface area contributed by atoms with Gasteiger partial charge in [0.1, 0.15) is 0 Å². The van der Waals surface area contributed by atoms with Crippen molar-refractivity contribution in [1.29, 1.82) is 0 Å². The lowest BCUT2D eigenvalue weighted by molar-refractivity contribution is 0.0622. The number of amides is 1. The number of hydrogen-bond donors (Lipinski definition) is 0. The van der Waals surface area contributed by atoms with Crippen molar-refractivity contribution in [1.82, 2.24) is 4.90 Å². The third-order valence-electron chi connectivity index (χ3n) is 3.63. The van der Waals surface area contributed by atoms with Gasteiger partial charge in [-0.25, -0.2) is 4.79 Å². The van der Waals surface area contributed by atoms with Crippen LogP contribution in [0.4, 0.5) is 4.79 Å². The number of nitrogens with zero attached hydrogens (tertiary/aromatic N) is 1. The van der Waals surface area contributed by atoms with E-state index in [1.807, 2.05) is 4.90 Å². The molecule has 1 atom stereocenters. The maximum Gasteiger partial charge on any atom is 0.409 e. The molecule has 1 fully saturated rings. The molecule has 1 saturated heterocycles. The molecule has 0 N–H and O–H groups in total. The quantitative estimate of drug-likeness (QED) is 0.705. The number of carbonyl (C=O) groups excluding carboxylic acids is 1. The average Bonchev–Trinajstić information content (AvgIpc) is 2.28. The lowest BCUT2D eigenvalue weighted by Crippen LogP contribution is -2.44. The first-order chi connectivity index (χ1) is 7.95. The third kappa shape index (κ3) is 4.57. The Morgan fingerprint density at radius 1 is 1.41 bits per heavy atom. The highest BCUT2D eigenvalue weighted by molar-refractivity contribution is 5.67. The van der Waals surface area contributed by atoms with Crippen molar-refractivity contribution in [3.05, 3.63) is 0 Å². The Hall–Kier alpha value is -0.730. The van der Waals surface area contributed by atoms with E-state index in [2.05, 4.69) is 27.7 Å². The summed E-state index contributed by atoms with van der Waals surface area (Å²) < 4.78 is 5.27. The van der Waals surface area contributed by atoms with E-state index in [9.17, 15) is 4.79 Å². The van der Waals surface area contributed by atoms with Crippen molar-refractivity contribution in [2.45, 2.75) is 53.4 Å². The molecule has 0 bridgehead atoms. The van der Waals surface area contributed by atoms with Crippen molar-refractivity contribution in [3.8, 4) is 0 Å². The molecule has 17 heavy (non-hydrogen) atoms. The average molecular weight is 241 g/mol. The summed E-state index contributed by atoms with van der Waals surface area (Å²) in [7, 11) is 0.